The van der Waals surface area contributed by atoms with Crippen molar-refractivity contribution in [2.45, 2.75) is 5.66 Å². The number of fused-ring (bicyclic) bond motifs is 8. The number of ether oxygens (including phenoxy) is 1. The van der Waals surface area contributed by atoms with E-state index >= 15 is 0 Å². The third-order valence-corrected chi connectivity index (χ3v) is 11.1. The molecule has 0 saturated heterocycles. The maximum absolute atomic E-state index is 6.98. The molecular formula is C41H22N4O+2. The van der Waals surface area contributed by atoms with E-state index in [9.17, 15) is 0 Å². The number of aromatic nitrogens is 4. The molecule has 5 aromatic carbocycles. The van der Waals surface area contributed by atoms with Crippen LogP contribution in [0.3, 0.4) is 0 Å². The normalized spacial score (nSPS) is 17.0. The van der Waals surface area contributed by atoms with E-state index in [1.165, 1.54) is 77.4 Å². The topological polar surface area (TPSA) is 26.8 Å². The molecule has 8 heterocycles. The van der Waals surface area contributed by atoms with E-state index in [2.05, 4.69) is 152 Å². The average molecular weight is 587 g/mol. The number of pyridine rings is 2. The zero-order valence-corrected chi connectivity index (χ0v) is 24.4. The summed E-state index contributed by atoms with van der Waals surface area (Å²) in [5.41, 5.74) is 12.6. The molecule has 0 fully saturated rings. The Kier molecular flexibility index (Phi) is 3.41. The molecule has 1 spiro atoms. The summed E-state index contributed by atoms with van der Waals surface area (Å²) in [5.74, 6) is 2.97. The summed E-state index contributed by atoms with van der Waals surface area (Å²) in [6, 6.07) is 44.5. The molecule has 0 radical (unpaired) electrons. The van der Waals surface area contributed by atoms with Crippen molar-refractivity contribution in [3.63, 3.8) is 0 Å². The zero-order chi connectivity index (χ0) is 29.5. The lowest BCUT2D eigenvalue weighted by Crippen LogP contribution is -2.78. The highest BCUT2D eigenvalue weighted by atomic mass is 16.5. The molecular weight excluding hydrogens is 564 g/mol. The molecule has 4 aromatic heterocycles. The molecule has 0 N–H and O–H groups in total. The maximum Gasteiger partial charge on any atom is 0.321 e. The van der Waals surface area contributed by atoms with Crippen LogP contribution in [0.25, 0.3) is 77.5 Å². The van der Waals surface area contributed by atoms with Crippen molar-refractivity contribution in [2.75, 3.05) is 0 Å². The van der Waals surface area contributed by atoms with Gasteiger partial charge in [-0.2, -0.15) is 18.3 Å². The molecule has 46 heavy (non-hydrogen) atoms. The second-order valence-corrected chi connectivity index (χ2v) is 12.9. The standard InChI is InChI=1S/C41H22N4O/c1-2-10-24-23(9-1)26-12-5-13-27-28-19-20-34-36-38(28)45(37(26)27)40-29(24)14-7-22-43(40)41(36)35-32(17-6-18-33(35)46-34)44-31-16-4-3-11-25(31)30-15-8-21-42(41)39(30)44/h1-22H/q+2. The van der Waals surface area contributed by atoms with Crippen LogP contribution in [0.15, 0.2) is 134 Å². The highest BCUT2D eigenvalue weighted by Gasteiger charge is 2.64. The third kappa shape index (κ3) is 2.08. The summed E-state index contributed by atoms with van der Waals surface area (Å²) in [7, 11) is 0. The van der Waals surface area contributed by atoms with Crippen molar-refractivity contribution >= 4 is 43.7 Å². The van der Waals surface area contributed by atoms with Crippen LogP contribution in [0.5, 0.6) is 11.5 Å². The summed E-state index contributed by atoms with van der Waals surface area (Å²) in [6.45, 7) is 0. The number of hydrogen-bond acceptors (Lipinski definition) is 1. The SMILES string of the molecule is c1ccc2c(c1)-c1ccc[n+]3c1-n1c4c-2cccc4c2ccc4c(c21)C31c2c(cccc2-n2c3ccccc3c3ccc[n+]1c32)O4. The fourth-order valence-corrected chi connectivity index (χ4v) is 9.58. The van der Waals surface area contributed by atoms with Gasteiger partial charge in [-0.15, -0.1) is 0 Å². The molecule has 13 rings (SSSR count). The Morgan fingerprint density at radius 3 is 2.13 bits per heavy atom. The van der Waals surface area contributed by atoms with Crippen molar-refractivity contribution in [1.82, 2.24) is 9.13 Å². The molecule has 0 amide bonds. The summed E-state index contributed by atoms with van der Waals surface area (Å²) in [5, 5.41) is 5.00. The first-order chi connectivity index (χ1) is 22.9. The summed E-state index contributed by atoms with van der Waals surface area (Å²) in [6.07, 6.45) is 4.58. The molecule has 9 aromatic rings. The van der Waals surface area contributed by atoms with Crippen LogP contribution in [0, 0.1) is 0 Å². The Labute approximate surface area is 262 Å². The first-order valence-electron chi connectivity index (χ1n) is 15.9. The van der Waals surface area contributed by atoms with Gasteiger partial charge in [-0.1, -0.05) is 54.6 Å². The first-order valence-corrected chi connectivity index (χ1v) is 15.9. The largest absolute Gasteiger partial charge is 0.456 e. The van der Waals surface area contributed by atoms with Crippen LogP contribution in [0.2, 0.25) is 0 Å². The second-order valence-electron chi connectivity index (χ2n) is 12.9. The molecule has 4 aliphatic rings. The molecule has 5 heteroatoms. The Hall–Kier alpha value is -6.20. The van der Waals surface area contributed by atoms with E-state index in [4.69, 9.17) is 4.74 Å². The van der Waals surface area contributed by atoms with E-state index in [1.807, 2.05) is 0 Å². The minimum atomic E-state index is -0.738. The number of hydrogen-bond donors (Lipinski definition) is 0. The second kappa shape index (κ2) is 7.03. The average Bonchev–Trinajstić information content (AvgIpc) is 3.59. The van der Waals surface area contributed by atoms with Crippen LogP contribution in [-0.2, 0) is 5.66 Å². The Balaban J connectivity index is 1.39. The number of rotatable bonds is 0. The zero-order valence-electron chi connectivity index (χ0n) is 24.4. The summed E-state index contributed by atoms with van der Waals surface area (Å²) >= 11 is 0. The van der Waals surface area contributed by atoms with Gasteiger partial charge in [0.15, 0.2) is 5.52 Å². The van der Waals surface area contributed by atoms with Crippen LogP contribution >= 0.6 is 0 Å². The lowest BCUT2D eigenvalue weighted by atomic mass is 9.81. The van der Waals surface area contributed by atoms with Crippen LogP contribution < -0.4 is 13.9 Å². The minimum Gasteiger partial charge on any atom is -0.456 e. The molecule has 0 bridgehead atoms. The van der Waals surface area contributed by atoms with Gasteiger partial charge in [0.05, 0.1) is 23.3 Å². The lowest BCUT2D eigenvalue weighted by Gasteiger charge is -2.41. The predicted molar refractivity (Wildman–Crippen MR) is 178 cm³/mol. The van der Waals surface area contributed by atoms with Crippen molar-refractivity contribution in [3.8, 4) is 45.3 Å². The summed E-state index contributed by atoms with van der Waals surface area (Å²) < 4.78 is 17.1. The first kappa shape index (κ1) is 22.3. The number of nitrogens with zero attached hydrogens (tertiary/aromatic N) is 4. The lowest BCUT2D eigenvalue weighted by molar-refractivity contribution is -0.961. The highest BCUT2D eigenvalue weighted by molar-refractivity contribution is 6.17. The minimum absolute atomic E-state index is 0.738. The Morgan fingerprint density at radius 1 is 0.478 bits per heavy atom. The van der Waals surface area contributed by atoms with Gasteiger partial charge in [0.25, 0.3) is 11.5 Å². The molecule has 0 saturated carbocycles. The Bertz CT molecular complexity index is 2960. The van der Waals surface area contributed by atoms with E-state index in [-0.39, 0.29) is 0 Å². The van der Waals surface area contributed by atoms with Gasteiger partial charge in [-0.25, -0.2) is 0 Å². The van der Waals surface area contributed by atoms with Gasteiger partial charge in [0.1, 0.15) is 39.3 Å². The quantitative estimate of drug-likeness (QED) is 0.165. The monoisotopic (exact) mass is 586 g/mol. The molecule has 210 valence electrons. The fourth-order valence-electron chi connectivity index (χ4n) is 9.58. The Morgan fingerprint density at radius 2 is 1.17 bits per heavy atom. The molecule has 1 atom stereocenters. The smallest absolute Gasteiger partial charge is 0.321 e. The van der Waals surface area contributed by atoms with E-state index < -0.39 is 5.66 Å². The predicted octanol–water partition coefficient (Wildman–Crippen LogP) is 8.13. The summed E-state index contributed by atoms with van der Waals surface area (Å²) in [4.78, 5) is 0. The van der Waals surface area contributed by atoms with Crippen molar-refractivity contribution in [3.05, 3.63) is 145 Å². The van der Waals surface area contributed by atoms with Crippen LogP contribution in [-0.4, -0.2) is 9.13 Å². The van der Waals surface area contributed by atoms with Crippen molar-refractivity contribution in [1.29, 1.82) is 0 Å². The van der Waals surface area contributed by atoms with Gasteiger partial charge < -0.3 is 4.74 Å². The highest BCUT2D eigenvalue weighted by Crippen LogP contribution is 2.57. The van der Waals surface area contributed by atoms with Crippen LogP contribution in [0.4, 0.5) is 0 Å². The maximum atomic E-state index is 6.98. The van der Waals surface area contributed by atoms with Gasteiger partial charge in [-0.05, 0) is 77.9 Å². The van der Waals surface area contributed by atoms with E-state index in [0.29, 0.717) is 0 Å². The van der Waals surface area contributed by atoms with Crippen LogP contribution in [0.1, 0.15) is 11.1 Å². The molecule has 0 aliphatic carbocycles. The van der Waals surface area contributed by atoms with Crippen molar-refractivity contribution < 1.29 is 13.9 Å². The molecule has 4 aliphatic heterocycles. The van der Waals surface area contributed by atoms with Gasteiger partial charge in [0, 0.05) is 21.7 Å². The fraction of sp³-hybridized carbons (Fsp3) is 0.0244. The molecule has 1 unspecified atom stereocenters. The van der Waals surface area contributed by atoms with E-state index in [0.717, 1.165) is 22.7 Å². The van der Waals surface area contributed by atoms with E-state index in [1.54, 1.807) is 0 Å². The molecule has 5 nitrogen and oxygen atoms in total. The van der Waals surface area contributed by atoms with Crippen molar-refractivity contribution in [2.24, 2.45) is 0 Å². The number of benzene rings is 5. The third-order valence-electron chi connectivity index (χ3n) is 11.1. The van der Waals surface area contributed by atoms with Gasteiger partial charge in [0.2, 0.25) is 0 Å². The number of para-hydroxylation sites is 2. The van der Waals surface area contributed by atoms with Gasteiger partial charge in [-0.3, -0.25) is 0 Å². The van der Waals surface area contributed by atoms with Gasteiger partial charge >= 0.3 is 5.66 Å².